The number of aliphatic imine (C=N–C) groups is 1. The van der Waals surface area contributed by atoms with Gasteiger partial charge in [-0.3, -0.25) is 15.1 Å². The predicted octanol–water partition coefficient (Wildman–Crippen LogP) is 3.85. The van der Waals surface area contributed by atoms with Crippen molar-refractivity contribution in [2.75, 3.05) is 0 Å². The highest BCUT2D eigenvalue weighted by Gasteiger charge is 2.07. The maximum absolute atomic E-state index is 13.3. The number of thiophene rings is 1. The average molecular weight is 264 g/mol. The van der Waals surface area contributed by atoms with E-state index in [9.17, 15) is 14.5 Å². The fraction of sp³-hybridized carbons (Fsp3) is 0.0833. The third-order valence-corrected chi connectivity index (χ3v) is 3.26. The Morgan fingerprint density at radius 2 is 2.17 bits per heavy atom. The van der Waals surface area contributed by atoms with Crippen LogP contribution in [0.3, 0.4) is 0 Å². The van der Waals surface area contributed by atoms with Gasteiger partial charge in [0.1, 0.15) is 5.82 Å². The van der Waals surface area contributed by atoms with E-state index in [1.807, 2.05) is 0 Å². The number of nitro groups is 1. The molecule has 2 aromatic rings. The van der Waals surface area contributed by atoms with Gasteiger partial charge in [0, 0.05) is 12.3 Å². The van der Waals surface area contributed by atoms with Crippen molar-refractivity contribution in [2.45, 2.75) is 6.92 Å². The molecule has 1 aromatic carbocycles. The summed E-state index contributed by atoms with van der Waals surface area (Å²) in [5, 5.41) is 10.6. The number of nitrogens with zero attached hydrogens (tertiary/aromatic N) is 2. The Labute approximate surface area is 107 Å². The molecule has 4 nitrogen and oxygen atoms in total. The van der Waals surface area contributed by atoms with E-state index in [1.54, 1.807) is 25.1 Å². The fourth-order valence-electron chi connectivity index (χ4n) is 1.31. The minimum atomic E-state index is -0.451. The predicted molar refractivity (Wildman–Crippen MR) is 69.4 cm³/mol. The molecule has 0 bridgehead atoms. The number of benzene rings is 1. The van der Waals surface area contributed by atoms with E-state index >= 15 is 0 Å². The zero-order valence-corrected chi connectivity index (χ0v) is 10.3. The molecule has 0 fully saturated rings. The van der Waals surface area contributed by atoms with Crippen molar-refractivity contribution < 1.29 is 9.31 Å². The molecular formula is C12H9FN2O2S. The highest BCUT2D eigenvalue weighted by atomic mass is 32.1. The van der Waals surface area contributed by atoms with Crippen molar-refractivity contribution in [1.82, 2.24) is 0 Å². The summed E-state index contributed by atoms with van der Waals surface area (Å²) in [5.41, 5.74) is 1.04. The second-order valence-corrected chi connectivity index (χ2v) is 4.72. The first kappa shape index (κ1) is 12.4. The molecule has 0 aliphatic heterocycles. The molecule has 0 spiro atoms. The number of hydrogen-bond donors (Lipinski definition) is 0. The summed E-state index contributed by atoms with van der Waals surface area (Å²) in [6, 6.07) is 7.68. The first-order chi connectivity index (χ1) is 8.56. The summed E-state index contributed by atoms with van der Waals surface area (Å²) in [7, 11) is 0. The van der Waals surface area contributed by atoms with Crippen LogP contribution in [-0.4, -0.2) is 11.1 Å². The lowest BCUT2D eigenvalue weighted by Gasteiger charge is -1.96. The molecule has 0 unspecified atom stereocenters. The Balaban J connectivity index is 2.19. The topological polar surface area (TPSA) is 55.5 Å². The quantitative estimate of drug-likeness (QED) is 0.480. The molecule has 2 rings (SSSR count). The Morgan fingerprint density at radius 1 is 1.39 bits per heavy atom. The van der Waals surface area contributed by atoms with E-state index in [0.717, 1.165) is 11.3 Å². The van der Waals surface area contributed by atoms with Gasteiger partial charge in [-0.15, -0.1) is 0 Å². The molecule has 0 aliphatic carbocycles. The molecule has 0 amide bonds. The van der Waals surface area contributed by atoms with E-state index in [4.69, 9.17) is 0 Å². The summed E-state index contributed by atoms with van der Waals surface area (Å²) < 4.78 is 13.3. The van der Waals surface area contributed by atoms with Crippen LogP contribution < -0.4 is 0 Å². The number of rotatable bonds is 3. The summed E-state index contributed by atoms with van der Waals surface area (Å²) in [6.45, 7) is 1.67. The van der Waals surface area contributed by atoms with Crippen LogP contribution in [-0.2, 0) is 0 Å². The van der Waals surface area contributed by atoms with Crippen LogP contribution in [0.2, 0.25) is 0 Å². The van der Waals surface area contributed by atoms with Crippen LogP contribution in [0.1, 0.15) is 10.4 Å². The summed E-state index contributed by atoms with van der Waals surface area (Å²) in [5.74, 6) is -0.318. The summed E-state index contributed by atoms with van der Waals surface area (Å²) >= 11 is 1.03. The molecule has 6 heteroatoms. The normalized spacial score (nSPS) is 11.0. The molecule has 0 saturated heterocycles. The SMILES string of the molecule is Cc1ccc(N=Cc2ccc([N+](=O)[O-])s2)cc1F. The second kappa shape index (κ2) is 5.05. The molecule has 0 atom stereocenters. The Hall–Kier alpha value is -2.08. The largest absolute Gasteiger partial charge is 0.324 e. The van der Waals surface area contributed by atoms with Crippen molar-refractivity contribution in [1.29, 1.82) is 0 Å². The minimum absolute atomic E-state index is 0.0616. The molecule has 0 radical (unpaired) electrons. The van der Waals surface area contributed by atoms with Gasteiger partial charge in [0.15, 0.2) is 0 Å². The van der Waals surface area contributed by atoms with Crippen molar-refractivity contribution in [3.8, 4) is 0 Å². The first-order valence-electron chi connectivity index (χ1n) is 5.11. The monoisotopic (exact) mass is 264 g/mol. The van der Waals surface area contributed by atoms with E-state index in [-0.39, 0.29) is 10.8 Å². The smallest absolute Gasteiger partial charge is 0.258 e. The highest BCUT2D eigenvalue weighted by Crippen LogP contribution is 2.23. The molecule has 0 saturated carbocycles. The number of halogens is 1. The fourth-order valence-corrected chi connectivity index (χ4v) is 2.00. The van der Waals surface area contributed by atoms with Crippen LogP contribution in [0.5, 0.6) is 0 Å². The standard InChI is InChI=1S/C12H9FN2O2S/c1-8-2-3-9(6-11(8)13)14-7-10-4-5-12(18-10)15(16)17/h2-7H,1H3. The Kier molecular flexibility index (Phi) is 3.47. The van der Waals surface area contributed by atoms with Crippen LogP contribution in [0.15, 0.2) is 35.3 Å². The van der Waals surface area contributed by atoms with Gasteiger partial charge in [-0.25, -0.2) is 4.39 Å². The third kappa shape index (κ3) is 2.78. The van der Waals surface area contributed by atoms with Gasteiger partial charge < -0.3 is 0 Å². The van der Waals surface area contributed by atoms with Gasteiger partial charge in [0.2, 0.25) is 0 Å². The number of hydrogen-bond acceptors (Lipinski definition) is 4. The Bertz CT molecular complexity index is 622. The molecule has 1 heterocycles. The van der Waals surface area contributed by atoms with Crippen molar-refractivity contribution in [2.24, 2.45) is 4.99 Å². The van der Waals surface area contributed by atoms with E-state index < -0.39 is 4.92 Å². The van der Waals surface area contributed by atoms with Gasteiger partial charge in [0.05, 0.1) is 15.5 Å². The summed E-state index contributed by atoms with van der Waals surface area (Å²) in [6.07, 6.45) is 1.49. The third-order valence-electron chi connectivity index (χ3n) is 2.29. The van der Waals surface area contributed by atoms with Crippen molar-refractivity contribution in [3.05, 3.63) is 56.7 Å². The zero-order chi connectivity index (χ0) is 13.1. The maximum atomic E-state index is 13.3. The van der Waals surface area contributed by atoms with Crippen molar-refractivity contribution >= 4 is 28.2 Å². The van der Waals surface area contributed by atoms with Gasteiger partial charge in [-0.2, -0.15) is 0 Å². The second-order valence-electron chi connectivity index (χ2n) is 3.62. The van der Waals surface area contributed by atoms with Gasteiger partial charge in [-0.1, -0.05) is 17.4 Å². The molecule has 0 aliphatic rings. The lowest BCUT2D eigenvalue weighted by Crippen LogP contribution is -1.81. The summed E-state index contributed by atoms with van der Waals surface area (Å²) in [4.78, 5) is 14.8. The Morgan fingerprint density at radius 3 is 2.78 bits per heavy atom. The van der Waals surface area contributed by atoms with Gasteiger partial charge in [-0.05, 0) is 30.7 Å². The van der Waals surface area contributed by atoms with Gasteiger partial charge in [0.25, 0.3) is 0 Å². The number of aryl methyl sites for hydroxylation is 1. The molecule has 0 N–H and O–H groups in total. The van der Waals surface area contributed by atoms with E-state index in [1.165, 1.54) is 18.3 Å². The average Bonchev–Trinajstić information content (AvgIpc) is 2.79. The molecular weight excluding hydrogens is 255 g/mol. The van der Waals surface area contributed by atoms with Crippen LogP contribution in [0, 0.1) is 22.9 Å². The van der Waals surface area contributed by atoms with Crippen LogP contribution in [0.4, 0.5) is 15.1 Å². The maximum Gasteiger partial charge on any atom is 0.324 e. The molecule has 92 valence electrons. The van der Waals surface area contributed by atoms with Gasteiger partial charge >= 0.3 is 5.00 Å². The van der Waals surface area contributed by atoms with E-state index in [2.05, 4.69) is 4.99 Å². The van der Waals surface area contributed by atoms with E-state index in [0.29, 0.717) is 16.1 Å². The van der Waals surface area contributed by atoms with Crippen molar-refractivity contribution in [3.63, 3.8) is 0 Å². The minimum Gasteiger partial charge on any atom is -0.258 e. The zero-order valence-electron chi connectivity index (χ0n) is 9.46. The molecule has 1 aromatic heterocycles. The first-order valence-corrected chi connectivity index (χ1v) is 5.92. The van der Waals surface area contributed by atoms with Crippen LogP contribution in [0.25, 0.3) is 0 Å². The highest BCUT2D eigenvalue weighted by molar-refractivity contribution is 7.16. The molecule has 18 heavy (non-hydrogen) atoms. The lowest BCUT2D eigenvalue weighted by atomic mass is 10.2. The lowest BCUT2D eigenvalue weighted by molar-refractivity contribution is -0.380. The van der Waals surface area contributed by atoms with Crippen LogP contribution >= 0.6 is 11.3 Å².